The number of rotatable bonds is 1. The lowest BCUT2D eigenvalue weighted by Crippen LogP contribution is -2.36. The third-order valence-corrected chi connectivity index (χ3v) is 3.97. The molecule has 0 unspecified atom stereocenters. The van der Waals surface area contributed by atoms with Gasteiger partial charge in [0.05, 0.1) is 28.6 Å². The normalized spacial score (nSPS) is 14.3. The molecule has 0 saturated carbocycles. The van der Waals surface area contributed by atoms with Gasteiger partial charge in [0, 0.05) is 24.2 Å². The zero-order valence-electron chi connectivity index (χ0n) is 9.99. The van der Waals surface area contributed by atoms with Gasteiger partial charge in [-0.3, -0.25) is 4.79 Å². The molecule has 0 fully saturated rings. The molecular formula is C13H11Cl2N3O. The number of halogens is 2. The summed E-state index contributed by atoms with van der Waals surface area (Å²) in [5, 5.41) is 0.844. The molecule has 1 amide bonds. The van der Waals surface area contributed by atoms with Crippen molar-refractivity contribution in [2.24, 2.45) is 0 Å². The summed E-state index contributed by atoms with van der Waals surface area (Å²) in [5.74, 6) is -0.0489. The Morgan fingerprint density at radius 3 is 2.95 bits per heavy atom. The highest BCUT2D eigenvalue weighted by atomic mass is 35.5. The van der Waals surface area contributed by atoms with E-state index in [-0.39, 0.29) is 5.91 Å². The average molecular weight is 296 g/mol. The van der Waals surface area contributed by atoms with Gasteiger partial charge in [0.15, 0.2) is 0 Å². The minimum atomic E-state index is -0.0489. The van der Waals surface area contributed by atoms with E-state index in [2.05, 4.69) is 9.97 Å². The molecular weight excluding hydrogens is 285 g/mol. The maximum atomic E-state index is 12.4. The molecule has 19 heavy (non-hydrogen) atoms. The highest BCUT2D eigenvalue weighted by Crippen LogP contribution is 2.24. The molecule has 0 aliphatic carbocycles. The van der Waals surface area contributed by atoms with Crippen LogP contribution in [0.25, 0.3) is 0 Å². The second-order valence-corrected chi connectivity index (χ2v) is 5.25. The molecule has 1 aromatic carbocycles. The van der Waals surface area contributed by atoms with Crippen molar-refractivity contribution in [3.05, 3.63) is 51.5 Å². The van der Waals surface area contributed by atoms with Crippen LogP contribution >= 0.6 is 23.2 Å². The fourth-order valence-electron chi connectivity index (χ4n) is 2.19. The molecule has 1 aliphatic rings. The Bertz CT molecular complexity index is 639. The molecule has 0 atom stereocenters. The molecule has 2 heterocycles. The van der Waals surface area contributed by atoms with Gasteiger partial charge in [-0.25, -0.2) is 4.98 Å². The van der Waals surface area contributed by atoms with Crippen LogP contribution in [0.15, 0.2) is 24.5 Å². The predicted molar refractivity (Wildman–Crippen MR) is 73.5 cm³/mol. The number of H-pyrrole nitrogens is 1. The zero-order valence-corrected chi connectivity index (χ0v) is 11.5. The fraction of sp³-hybridized carbons (Fsp3) is 0.231. The van der Waals surface area contributed by atoms with Crippen LogP contribution in [0.3, 0.4) is 0 Å². The number of imidazole rings is 1. The van der Waals surface area contributed by atoms with Crippen LogP contribution in [0.5, 0.6) is 0 Å². The number of aromatic nitrogens is 2. The lowest BCUT2D eigenvalue weighted by molar-refractivity contribution is 0.0732. The van der Waals surface area contributed by atoms with Gasteiger partial charge in [-0.2, -0.15) is 0 Å². The van der Waals surface area contributed by atoms with Crippen LogP contribution in [-0.4, -0.2) is 27.3 Å². The van der Waals surface area contributed by atoms with Crippen molar-refractivity contribution < 1.29 is 4.79 Å². The lowest BCUT2D eigenvalue weighted by Gasteiger charge is -2.26. The van der Waals surface area contributed by atoms with Crippen molar-refractivity contribution in [3.8, 4) is 0 Å². The van der Waals surface area contributed by atoms with Crippen molar-refractivity contribution in [1.29, 1.82) is 0 Å². The van der Waals surface area contributed by atoms with E-state index in [1.54, 1.807) is 29.4 Å². The summed E-state index contributed by atoms with van der Waals surface area (Å²) in [4.78, 5) is 21.5. The number of carbonyl (C=O) groups is 1. The maximum absolute atomic E-state index is 12.4. The van der Waals surface area contributed by atoms with Gasteiger partial charge >= 0.3 is 0 Å². The van der Waals surface area contributed by atoms with Gasteiger partial charge in [0.1, 0.15) is 0 Å². The summed E-state index contributed by atoms with van der Waals surface area (Å²) in [6.45, 7) is 1.20. The first-order valence-electron chi connectivity index (χ1n) is 5.90. The van der Waals surface area contributed by atoms with Crippen molar-refractivity contribution in [2.75, 3.05) is 6.54 Å². The smallest absolute Gasteiger partial charge is 0.254 e. The highest BCUT2D eigenvalue weighted by Gasteiger charge is 2.23. The molecule has 4 nitrogen and oxygen atoms in total. The monoisotopic (exact) mass is 295 g/mol. The number of hydrogen-bond donors (Lipinski definition) is 1. The number of fused-ring (bicyclic) bond motifs is 1. The molecule has 98 valence electrons. The quantitative estimate of drug-likeness (QED) is 0.879. The summed E-state index contributed by atoms with van der Waals surface area (Å²) in [5.41, 5.74) is 2.59. The van der Waals surface area contributed by atoms with E-state index >= 15 is 0 Å². The molecule has 2 aromatic rings. The molecule has 1 aromatic heterocycles. The first-order chi connectivity index (χ1) is 9.15. The molecule has 1 aliphatic heterocycles. The van der Waals surface area contributed by atoms with Crippen LogP contribution in [0.2, 0.25) is 10.0 Å². The Kier molecular flexibility index (Phi) is 3.21. The number of amides is 1. The molecule has 1 N–H and O–H groups in total. The van der Waals surface area contributed by atoms with Gasteiger partial charge < -0.3 is 9.88 Å². The standard InChI is InChI=1S/C13H11Cl2N3O/c14-9-2-1-8(5-10(9)15)13(19)18-4-3-11-12(6-18)17-7-16-11/h1-2,5,7H,3-4,6H2,(H,16,17). The lowest BCUT2D eigenvalue weighted by atomic mass is 10.1. The summed E-state index contributed by atoms with van der Waals surface area (Å²) in [6.07, 6.45) is 2.46. The number of hydrogen-bond acceptors (Lipinski definition) is 2. The van der Waals surface area contributed by atoms with Crippen LogP contribution in [0, 0.1) is 0 Å². The Balaban J connectivity index is 1.83. The summed E-state index contributed by atoms with van der Waals surface area (Å²) in [6, 6.07) is 4.93. The van der Waals surface area contributed by atoms with E-state index in [0.29, 0.717) is 28.7 Å². The van der Waals surface area contributed by atoms with Crippen molar-refractivity contribution in [1.82, 2.24) is 14.9 Å². The molecule has 0 saturated heterocycles. The predicted octanol–water partition coefficient (Wildman–Crippen LogP) is 2.92. The fourth-order valence-corrected chi connectivity index (χ4v) is 2.49. The third-order valence-electron chi connectivity index (χ3n) is 3.23. The van der Waals surface area contributed by atoms with E-state index in [1.807, 2.05) is 0 Å². The number of aromatic amines is 1. The summed E-state index contributed by atoms with van der Waals surface area (Å²) < 4.78 is 0. The minimum Gasteiger partial charge on any atom is -0.348 e. The van der Waals surface area contributed by atoms with Gasteiger partial charge in [-0.15, -0.1) is 0 Å². The second-order valence-electron chi connectivity index (χ2n) is 4.43. The first-order valence-corrected chi connectivity index (χ1v) is 6.66. The van der Waals surface area contributed by atoms with Crippen molar-refractivity contribution >= 4 is 29.1 Å². The average Bonchev–Trinajstić information content (AvgIpc) is 2.88. The number of carbonyl (C=O) groups excluding carboxylic acids is 1. The number of nitrogens with one attached hydrogen (secondary N) is 1. The van der Waals surface area contributed by atoms with Gasteiger partial charge in [0.2, 0.25) is 0 Å². The highest BCUT2D eigenvalue weighted by molar-refractivity contribution is 6.42. The maximum Gasteiger partial charge on any atom is 0.254 e. The summed E-state index contributed by atoms with van der Waals surface area (Å²) in [7, 11) is 0. The zero-order chi connectivity index (χ0) is 13.4. The minimum absolute atomic E-state index is 0.0489. The summed E-state index contributed by atoms with van der Waals surface area (Å²) >= 11 is 11.8. The van der Waals surface area contributed by atoms with Crippen LogP contribution < -0.4 is 0 Å². The van der Waals surface area contributed by atoms with Gasteiger partial charge in [-0.05, 0) is 18.2 Å². The van der Waals surface area contributed by atoms with Crippen molar-refractivity contribution in [2.45, 2.75) is 13.0 Å². The number of benzene rings is 1. The SMILES string of the molecule is O=C(c1ccc(Cl)c(Cl)c1)N1CCc2[nH]cnc2C1. The Hall–Kier alpha value is -1.52. The van der Waals surface area contributed by atoms with Gasteiger partial charge in [-0.1, -0.05) is 23.2 Å². The van der Waals surface area contributed by atoms with E-state index in [4.69, 9.17) is 23.2 Å². The van der Waals surface area contributed by atoms with Crippen LogP contribution in [0.1, 0.15) is 21.7 Å². The van der Waals surface area contributed by atoms with E-state index in [9.17, 15) is 4.79 Å². The Morgan fingerprint density at radius 1 is 1.32 bits per heavy atom. The van der Waals surface area contributed by atoms with Gasteiger partial charge in [0.25, 0.3) is 5.91 Å². The van der Waals surface area contributed by atoms with Crippen molar-refractivity contribution in [3.63, 3.8) is 0 Å². The topological polar surface area (TPSA) is 49.0 Å². The molecule has 3 rings (SSSR count). The van der Waals surface area contributed by atoms with Crippen LogP contribution in [-0.2, 0) is 13.0 Å². The molecule has 0 radical (unpaired) electrons. The van der Waals surface area contributed by atoms with E-state index in [1.165, 1.54) is 0 Å². The van der Waals surface area contributed by atoms with E-state index in [0.717, 1.165) is 17.8 Å². The first kappa shape index (κ1) is 12.5. The second kappa shape index (κ2) is 4.87. The van der Waals surface area contributed by atoms with Crippen LogP contribution in [0.4, 0.5) is 0 Å². The molecule has 0 bridgehead atoms. The van der Waals surface area contributed by atoms with E-state index < -0.39 is 0 Å². The largest absolute Gasteiger partial charge is 0.348 e. The Morgan fingerprint density at radius 2 is 2.16 bits per heavy atom. The molecule has 0 spiro atoms. The molecule has 6 heteroatoms. The Labute approximate surface area is 120 Å². The number of nitrogens with zero attached hydrogens (tertiary/aromatic N) is 2. The third kappa shape index (κ3) is 2.33.